The van der Waals surface area contributed by atoms with Gasteiger partial charge in [0.1, 0.15) is 5.82 Å². The molecule has 0 amide bonds. The van der Waals surface area contributed by atoms with Gasteiger partial charge in [0.25, 0.3) is 0 Å². The molecule has 1 heterocycles. The molecule has 0 spiro atoms. The topological polar surface area (TPSA) is 32.3 Å². The van der Waals surface area contributed by atoms with Gasteiger partial charge in [0.15, 0.2) is 0 Å². The number of hydrogen-bond acceptors (Lipinski definition) is 2. The molecule has 1 aromatic rings. The summed E-state index contributed by atoms with van der Waals surface area (Å²) in [5.74, 6) is -0.294. The third-order valence-electron chi connectivity index (χ3n) is 3.55. The fraction of sp³-hybridized carbons (Fsp3) is 0.571. The first kappa shape index (κ1) is 15.4. The summed E-state index contributed by atoms with van der Waals surface area (Å²) < 4.78 is 13.1. The maximum atomic E-state index is 13.1. The molecule has 102 valence electrons. The Bertz CT molecular complexity index is 387. The SMILES string of the molecule is CC1(C)CC[C@@H]([C@H](O)c2cccc(F)c2)NC1.Cl. The van der Waals surface area contributed by atoms with Crippen LogP contribution >= 0.6 is 12.4 Å². The molecular formula is C14H21ClFNO. The van der Waals surface area contributed by atoms with Crippen LogP contribution in [0.25, 0.3) is 0 Å². The average molecular weight is 274 g/mol. The van der Waals surface area contributed by atoms with E-state index < -0.39 is 6.10 Å². The molecule has 1 aliphatic rings. The number of hydrogen-bond donors (Lipinski definition) is 2. The molecule has 0 aliphatic carbocycles. The van der Waals surface area contributed by atoms with Gasteiger partial charge in [0, 0.05) is 12.6 Å². The Hall–Kier alpha value is -0.640. The number of halogens is 2. The van der Waals surface area contributed by atoms with Crippen molar-refractivity contribution in [1.29, 1.82) is 0 Å². The highest BCUT2D eigenvalue weighted by atomic mass is 35.5. The minimum Gasteiger partial charge on any atom is -0.387 e. The number of aliphatic hydroxyl groups is 1. The second kappa shape index (κ2) is 6.00. The van der Waals surface area contributed by atoms with Crippen molar-refractivity contribution in [2.45, 2.75) is 38.8 Å². The second-order valence-corrected chi connectivity index (χ2v) is 5.69. The van der Waals surface area contributed by atoms with Crippen LogP contribution < -0.4 is 5.32 Å². The highest BCUT2D eigenvalue weighted by Crippen LogP contribution is 2.31. The lowest BCUT2D eigenvalue weighted by Gasteiger charge is -2.37. The van der Waals surface area contributed by atoms with E-state index in [1.807, 2.05) is 0 Å². The Morgan fingerprint density at radius 2 is 2.17 bits per heavy atom. The molecule has 1 fully saturated rings. The van der Waals surface area contributed by atoms with Gasteiger partial charge in [-0.1, -0.05) is 26.0 Å². The summed E-state index contributed by atoms with van der Waals surface area (Å²) in [6.07, 6.45) is 1.38. The molecular weight excluding hydrogens is 253 g/mol. The molecule has 0 unspecified atom stereocenters. The predicted molar refractivity (Wildman–Crippen MR) is 73.4 cm³/mol. The van der Waals surface area contributed by atoms with E-state index in [4.69, 9.17) is 0 Å². The average Bonchev–Trinajstić information content (AvgIpc) is 2.28. The highest BCUT2D eigenvalue weighted by molar-refractivity contribution is 5.85. The predicted octanol–water partition coefficient (Wildman–Crippen LogP) is 3.06. The number of rotatable bonds is 2. The smallest absolute Gasteiger partial charge is 0.123 e. The first-order valence-electron chi connectivity index (χ1n) is 6.15. The molecule has 0 bridgehead atoms. The van der Waals surface area contributed by atoms with Crippen molar-refractivity contribution in [3.8, 4) is 0 Å². The van der Waals surface area contributed by atoms with E-state index in [9.17, 15) is 9.50 Å². The van der Waals surface area contributed by atoms with Gasteiger partial charge in [0.2, 0.25) is 0 Å². The molecule has 1 aromatic carbocycles. The summed E-state index contributed by atoms with van der Waals surface area (Å²) in [4.78, 5) is 0. The number of benzene rings is 1. The van der Waals surface area contributed by atoms with E-state index in [2.05, 4.69) is 19.2 Å². The normalized spacial score (nSPS) is 24.1. The summed E-state index contributed by atoms with van der Waals surface area (Å²) in [7, 11) is 0. The van der Waals surface area contributed by atoms with Gasteiger partial charge < -0.3 is 10.4 Å². The fourth-order valence-corrected chi connectivity index (χ4v) is 2.34. The molecule has 2 rings (SSSR count). The van der Waals surface area contributed by atoms with Crippen LogP contribution in [-0.2, 0) is 0 Å². The van der Waals surface area contributed by atoms with Gasteiger partial charge >= 0.3 is 0 Å². The first-order valence-corrected chi connectivity index (χ1v) is 6.15. The maximum Gasteiger partial charge on any atom is 0.123 e. The Morgan fingerprint density at radius 1 is 1.44 bits per heavy atom. The largest absolute Gasteiger partial charge is 0.387 e. The van der Waals surface area contributed by atoms with E-state index in [1.54, 1.807) is 12.1 Å². The minimum atomic E-state index is -0.623. The maximum absolute atomic E-state index is 13.1. The molecule has 1 aliphatic heterocycles. The van der Waals surface area contributed by atoms with Crippen molar-refractivity contribution in [1.82, 2.24) is 5.32 Å². The zero-order valence-corrected chi connectivity index (χ0v) is 11.6. The van der Waals surface area contributed by atoms with Gasteiger partial charge in [-0.25, -0.2) is 4.39 Å². The Kier molecular flexibility index (Phi) is 5.14. The van der Waals surface area contributed by atoms with Crippen molar-refractivity contribution in [3.05, 3.63) is 35.6 Å². The summed E-state index contributed by atoms with van der Waals surface area (Å²) in [6, 6.07) is 6.25. The molecule has 2 nitrogen and oxygen atoms in total. The Balaban J connectivity index is 0.00000162. The van der Waals surface area contributed by atoms with Crippen molar-refractivity contribution in [2.75, 3.05) is 6.54 Å². The molecule has 0 radical (unpaired) electrons. The summed E-state index contributed by atoms with van der Waals surface area (Å²) >= 11 is 0. The van der Waals surface area contributed by atoms with Gasteiger partial charge in [-0.3, -0.25) is 0 Å². The molecule has 0 saturated carbocycles. The minimum absolute atomic E-state index is 0. The lowest BCUT2D eigenvalue weighted by Crippen LogP contribution is -2.46. The van der Waals surface area contributed by atoms with Crippen LogP contribution in [0, 0.1) is 11.2 Å². The molecule has 0 aromatic heterocycles. The zero-order chi connectivity index (χ0) is 12.5. The Labute approximate surface area is 114 Å². The van der Waals surface area contributed by atoms with Crippen LogP contribution in [0.3, 0.4) is 0 Å². The number of nitrogens with one attached hydrogen (secondary N) is 1. The third-order valence-corrected chi connectivity index (χ3v) is 3.55. The second-order valence-electron chi connectivity index (χ2n) is 5.69. The monoisotopic (exact) mass is 273 g/mol. The first-order chi connectivity index (χ1) is 7.98. The van der Waals surface area contributed by atoms with Crippen LogP contribution in [0.1, 0.15) is 38.4 Å². The lowest BCUT2D eigenvalue weighted by atomic mass is 9.80. The van der Waals surface area contributed by atoms with Gasteiger partial charge in [-0.05, 0) is 36.0 Å². The quantitative estimate of drug-likeness (QED) is 0.868. The molecule has 18 heavy (non-hydrogen) atoms. The van der Waals surface area contributed by atoms with Crippen molar-refractivity contribution in [2.24, 2.45) is 5.41 Å². The summed E-state index contributed by atoms with van der Waals surface area (Å²) in [5.41, 5.74) is 0.945. The lowest BCUT2D eigenvalue weighted by molar-refractivity contribution is 0.0867. The van der Waals surface area contributed by atoms with Crippen LogP contribution in [0.15, 0.2) is 24.3 Å². The van der Waals surface area contributed by atoms with E-state index >= 15 is 0 Å². The van der Waals surface area contributed by atoms with Gasteiger partial charge in [-0.2, -0.15) is 0 Å². The van der Waals surface area contributed by atoms with Crippen molar-refractivity contribution >= 4 is 12.4 Å². The van der Waals surface area contributed by atoms with Gasteiger partial charge in [-0.15, -0.1) is 12.4 Å². The summed E-state index contributed by atoms with van der Waals surface area (Å²) in [6.45, 7) is 5.32. The van der Waals surface area contributed by atoms with Gasteiger partial charge in [0.05, 0.1) is 6.10 Å². The van der Waals surface area contributed by atoms with Crippen LogP contribution in [0.2, 0.25) is 0 Å². The van der Waals surface area contributed by atoms with E-state index in [-0.39, 0.29) is 29.7 Å². The highest BCUT2D eigenvalue weighted by Gasteiger charge is 2.30. The number of piperidine rings is 1. The van der Waals surface area contributed by atoms with Crippen LogP contribution in [0.4, 0.5) is 4.39 Å². The van der Waals surface area contributed by atoms with Crippen molar-refractivity contribution < 1.29 is 9.50 Å². The van der Waals surface area contributed by atoms with Crippen LogP contribution in [0.5, 0.6) is 0 Å². The Morgan fingerprint density at radius 3 is 2.72 bits per heavy atom. The van der Waals surface area contributed by atoms with Crippen molar-refractivity contribution in [3.63, 3.8) is 0 Å². The molecule has 4 heteroatoms. The standard InChI is InChI=1S/C14H20FNO.ClH/c1-14(2)7-6-12(16-9-14)13(17)10-4-3-5-11(15)8-10;/h3-5,8,12-13,16-17H,6-7,9H2,1-2H3;1H/t12-,13+;/m0./s1. The van der Waals surface area contributed by atoms with Crippen LogP contribution in [-0.4, -0.2) is 17.7 Å². The molecule has 1 saturated heterocycles. The van der Waals surface area contributed by atoms with E-state index in [0.29, 0.717) is 5.56 Å². The number of aliphatic hydroxyl groups excluding tert-OH is 1. The van der Waals surface area contributed by atoms with E-state index in [0.717, 1.165) is 19.4 Å². The molecule has 2 atom stereocenters. The third kappa shape index (κ3) is 3.67. The fourth-order valence-electron chi connectivity index (χ4n) is 2.34. The zero-order valence-electron chi connectivity index (χ0n) is 10.8. The summed E-state index contributed by atoms with van der Waals surface area (Å²) in [5, 5.41) is 13.6. The molecule has 2 N–H and O–H groups in total. The van der Waals surface area contributed by atoms with E-state index in [1.165, 1.54) is 12.1 Å².